The molecule has 0 aliphatic carbocycles. The van der Waals surface area contributed by atoms with Crippen LogP contribution >= 0.6 is 0 Å². The molecule has 0 aliphatic heterocycles. The van der Waals surface area contributed by atoms with E-state index in [0.717, 1.165) is 11.4 Å². The van der Waals surface area contributed by atoms with Crippen LogP contribution < -0.4 is 5.59 Å². The van der Waals surface area contributed by atoms with Gasteiger partial charge in [-0.05, 0) is 29.6 Å². The summed E-state index contributed by atoms with van der Waals surface area (Å²) in [6.45, 7) is 7.63. The molecule has 0 fully saturated rings. The lowest BCUT2D eigenvalue weighted by Crippen LogP contribution is -2.36. The van der Waals surface area contributed by atoms with E-state index in [-0.39, 0.29) is 6.73 Å². The molecule has 1 aromatic heterocycles. The van der Waals surface area contributed by atoms with Crippen LogP contribution in [-0.4, -0.2) is 49.5 Å². The summed E-state index contributed by atoms with van der Waals surface area (Å²) in [5.74, 6) is -0.435. The third kappa shape index (κ3) is 4.48. The predicted molar refractivity (Wildman–Crippen MR) is 97.2 cm³/mol. The van der Waals surface area contributed by atoms with Gasteiger partial charge in [-0.3, -0.25) is 0 Å². The SMILES string of the molecule is COC(=O)c1ccc2cc(B(O)O)n(COCC[Si](C)(C)C)c2c1. The molecule has 0 saturated heterocycles. The van der Waals surface area contributed by atoms with Crippen molar-refractivity contribution in [3.05, 3.63) is 29.8 Å². The molecule has 2 aromatic rings. The molecule has 0 atom stereocenters. The lowest BCUT2D eigenvalue weighted by molar-refractivity contribution is 0.0600. The summed E-state index contributed by atoms with van der Waals surface area (Å²) >= 11 is 0. The van der Waals surface area contributed by atoms with Crippen LogP contribution in [0.1, 0.15) is 10.4 Å². The highest BCUT2D eigenvalue weighted by atomic mass is 28.3. The Balaban J connectivity index is 2.30. The second-order valence-electron chi connectivity index (χ2n) is 6.98. The van der Waals surface area contributed by atoms with Gasteiger partial charge in [0.2, 0.25) is 0 Å². The fraction of sp³-hybridized carbons (Fsp3) is 0.438. The molecular formula is C16H24BNO5Si. The first-order valence-corrected chi connectivity index (χ1v) is 11.6. The van der Waals surface area contributed by atoms with Crippen LogP contribution in [0.2, 0.25) is 25.7 Å². The van der Waals surface area contributed by atoms with Gasteiger partial charge in [-0.25, -0.2) is 4.79 Å². The number of hydrogen-bond donors (Lipinski definition) is 2. The molecule has 2 rings (SSSR count). The van der Waals surface area contributed by atoms with Gasteiger partial charge in [0.25, 0.3) is 0 Å². The van der Waals surface area contributed by atoms with Gasteiger partial charge in [-0.15, -0.1) is 0 Å². The number of ether oxygens (including phenoxy) is 2. The first-order chi connectivity index (χ1) is 11.2. The highest BCUT2D eigenvalue weighted by Gasteiger charge is 2.21. The Labute approximate surface area is 143 Å². The number of fused-ring (bicyclic) bond motifs is 1. The molecule has 1 heterocycles. The summed E-state index contributed by atoms with van der Waals surface area (Å²) in [5, 5.41) is 20.0. The van der Waals surface area contributed by atoms with E-state index in [0.29, 0.717) is 23.3 Å². The zero-order chi connectivity index (χ0) is 17.9. The van der Waals surface area contributed by atoms with E-state index in [9.17, 15) is 14.8 Å². The van der Waals surface area contributed by atoms with E-state index < -0.39 is 21.2 Å². The second kappa shape index (κ2) is 7.52. The lowest BCUT2D eigenvalue weighted by atomic mass is 9.86. The van der Waals surface area contributed by atoms with Gasteiger partial charge in [-0.2, -0.15) is 0 Å². The van der Waals surface area contributed by atoms with Crippen molar-refractivity contribution in [1.82, 2.24) is 4.57 Å². The normalized spacial score (nSPS) is 11.8. The van der Waals surface area contributed by atoms with Gasteiger partial charge in [-0.1, -0.05) is 25.7 Å². The molecule has 6 nitrogen and oxygen atoms in total. The molecule has 1 aromatic carbocycles. The molecule has 130 valence electrons. The number of esters is 1. The van der Waals surface area contributed by atoms with Gasteiger partial charge in [0.05, 0.1) is 23.8 Å². The van der Waals surface area contributed by atoms with Crippen molar-refractivity contribution >= 4 is 37.7 Å². The number of aromatic nitrogens is 1. The lowest BCUT2D eigenvalue weighted by Gasteiger charge is -2.17. The number of nitrogens with zero attached hydrogens (tertiary/aromatic N) is 1. The van der Waals surface area contributed by atoms with Crippen LogP contribution in [0, 0.1) is 0 Å². The van der Waals surface area contributed by atoms with Gasteiger partial charge >= 0.3 is 13.1 Å². The van der Waals surface area contributed by atoms with E-state index >= 15 is 0 Å². The van der Waals surface area contributed by atoms with Crippen molar-refractivity contribution in [2.24, 2.45) is 0 Å². The molecule has 0 radical (unpaired) electrons. The molecule has 0 unspecified atom stereocenters. The first-order valence-electron chi connectivity index (χ1n) is 7.88. The minimum absolute atomic E-state index is 0.200. The second-order valence-corrected chi connectivity index (χ2v) is 12.6. The first kappa shape index (κ1) is 18.7. The van der Waals surface area contributed by atoms with Crippen LogP contribution in [0.15, 0.2) is 24.3 Å². The van der Waals surface area contributed by atoms with Gasteiger partial charge < -0.3 is 24.1 Å². The van der Waals surface area contributed by atoms with Crippen molar-refractivity contribution < 1.29 is 24.3 Å². The maximum absolute atomic E-state index is 11.7. The predicted octanol–water partition coefficient (Wildman–Crippen LogP) is 1.42. The van der Waals surface area contributed by atoms with E-state index in [2.05, 4.69) is 19.6 Å². The van der Waals surface area contributed by atoms with Crippen molar-refractivity contribution in [2.45, 2.75) is 32.4 Å². The molecule has 24 heavy (non-hydrogen) atoms. The third-order valence-electron chi connectivity index (χ3n) is 3.84. The molecule has 0 bridgehead atoms. The van der Waals surface area contributed by atoms with Crippen LogP contribution in [0.25, 0.3) is 10.9 Å². The standard InChI is InChI=1S/C16H24BNO5Si/c1-22-16(19)13-6-5-12-10-15(17(20)21)18(14(12)9-13)11-23-7-8-24(2,3)4/h5-6,9-10,20-21H,7-8,11H2,1-4H3. The third-order valence-corrected chi connectivity index (χ3v) is 5.54. The summed E-state index contributed by atoms with van der Waals surface area (Å²) in [4.78, 5) is 11.7. The van der Waals surface area contributed by atoms with E-state index in [1.807, 2.05) is 0 Å². The monoisotopic (exact) mass is 349 g/mol. The number of carbonyl (C=O) groups excluding carboxylic acids is 1. The number of rotatable bonds is 7. The van der Waals surface area contributed by atoms with Crippen LogP contribution in [0.5, 0.6) is 0 Å². The Kier molecular flexibility index (Phi) is 5.87. The highest BCUT2D eigenvalue weighted by molar-refractivity contribution is 6.76. The van der Waals surface area contributed by atoms with Gasteiger partial charge in [0.1, 0.15) is 6.73 Å². The Morgan fingerprint density at radius 2 is 1.96 bits per heavy atom. The van der Waals surface area contributed by atoms with Crippen LogP contribution in [0.4, 0.5) is 0 Å². The van der Waals surface area contributed by atoms with E-state index in [4.69, 9.17) is 9.47 Å². The summed E-state index contributed by atoms with van der Waals surface area (Å²) in [5.41, 5.74) is 1.44. The molecule has 2 N–H and O–H groups in total. The van der Waals surface area contributed by atoms with Crippen LogP contribution in [0.3, 0.4) is 0 Å². The summed E-state index contributed by atoms with van der Waals surface area (Å²) in [6.07, 6.45) is 0. The summed E-state index contributed by atoms with van der Waals surface area (Å²) in [7, 11) is -1.48. The minimum Gasteiger partial charge on any atom is -0.465 e. The Morgan fingerprint density at radius 1 is 1.25 bits per heavy atom. The fourth-order valence-corrected chi connectivity index (χ4v) is 3.17. The van der Waals surface area contributed by atoms with Crippen molar-refractivity contribution in [1.29, 1.82) is 0 Å². The highest BCUT2D eigenvalue weighted by Crippen LogP contribution is 2.18. The Bertz CT molecular complexity index is 723. The van der Waals surface area contributed by atoms with Gasteiger partial charge in [0.15, 0.2) is 0 Å². The molecule has 0 aliphatic rings. The van der Waals surface area contributed by atoms with Gasteiger partial charge in [0, 0.05) is 14.7 Å². The minimum atomic E-state index is -1.61. The Hall–Kier alpha value is -1.61. The molecule has 8 heteroatoms. The quantitative estimate of drug-likeness (QED) is 0.449. The zero-order valence-electron chi connectivity index (χ0n) is 14.6. The topological polar surface area (TPSA) is 80.9 Å². The molecular weight excluding hydrogens is 325 g/mol. The summed E-state index contributed by atoms with van der Waals surface area (Å²) in [6, 6.07) is 7.79. The van der Waals surface area contributed by atoms with Crippen molar-refractivity contribution in [3.8, 4) is 0 Å². The van der Waals surface area contributed by atoms with Crippen LogP contribution in [-0.2, 0) is 16.2 Å². The number of carbonyl (C=O) groups is 1. The molecule has 0 saturated carbocycles. The Morgan fingerprint density at radius 3 is 2.54 bits per heavy atom. The molecule has 0 spiro atoms. The van der Waals surface area contributed by atoms with Crippen molar-refractivity contribution in [3.63, 3.8) is 0 Å². The average molecular weight is 349 g/mol. The number of hydrogen-bond acceptors (Lipinski definition) is 5. The average Bonchev–Trinajstić information content (AvgIpc) is 2.88. The number of benzene rings is 1. The summed E-state index contributed by atoms with van der Waals surface area (Å²) < 4.78 is 12.2. The maximum atomic E-state index is 11.7. The molecule has 0 amide bonds. The van der Waals surface area contributed by atoms with E-state index in [1.165, 1.54) is 7.11 Å². The smallest absolute Gasteiger partial charge is 0.465 e. The largest absolute Gasteiger partial charge is 0.506 e. The van der Waals surface area contributed by atoms with E-state index in [1.54, 1.807) is 28.8 Å². The fourth-order valence-electron chi connectivity index (χ4n) is 2.41. The maximum Gasteiger partial charge on any atom is 0.506 e. The van der Waals surface area contributed by atoms with Crippen molar-refractivity contribution in [2.75, 3.05) is 13.7 Å². The number of methoxy groups -OCH3 is 1. The zero-order valence-corrected chi connectivity index (χ0v) is 15.6.